The quantitative estimate of drug-likeness (QED) is 0.368. The molecule has 0 atom stereocenters. The maximum Gasteiger partial charge on any atom is 0.352 e. The van der Waals surface area contributed by atoms with Gasteiger partial charge in [-0.15, -0.1) is 0 Å². The Kier molecular flexibility index (Phi) is 4.58. The van der Waals surface area contributed by atoms with Crippen LogP contribution in [0.2, 0.25) is 10.0 Å². The monoisotopic (exact) mass is 420 g/mol. The summed E-state index contributed by atoms with van der Waals surface area (Å²) >= 11 is 13.3. The van der Waals surface area contributed by atoms with E-state index >= 15 is 0 Å². The molecule has 4 rings (SSSR count). The van der Waals surface area contributed by atoms with E-state index < -0.39 is 4.92 Å². The molecule has 138 valence electrons. The van der Waals surface area contributed by atoms with Gasteiger partial charge in [0, 0.05) is 16.1 Å². The summed E-state index contributed by atoms with van der Waals surface area (Å²) < 4.78 is 5.50. The van der Waals surface area contributed by atoms with Crippen LogP contribution in [0.25, 0.3) is 11.3 Å². The lowest BCUT2D eigenvalue weighted by atomic mass is 9.95. The number of methoxy groups -OCH3 is 1. The van der Waals surface area contributed by atoms with Gasteiger partial charge >= 0.3 is 5.00 Å². The fraction of sp³-hybridized carbons (Fsp3) is 0.211. The molecule has 1 aromatic heterocycles. The fourth-order valence-electron chi connectivity index (χ4n) is 3.26. The Morgan fingerprint density at radius 2 is 1.96 bits per heavy atom. The van der Waals surface area contributed by atoms with Crippen LogP contribution in [0.3, 0.4) is 0 Å². The second-order valence-corrected chi connectivity index (χ2v) is 8.16. The van der Waals surface area contributed by atoms with E-state index in [1.807, 2.05) is 24.3 Å². The zero-order valence-electron chi connectivity index (χ0n) is 14.2. The van der Waals surface area contributed by atoms with E-state index in [2.05, 4.69) is 4.98 Å². The fourth-order valence-corrected chi connectivity index (χ4v) is 4.92. The van der Waals surface area contributed by atoms with Crippen molar-refractivity contribution in [3.05, 3.63) is 73.2 Å². The normalized spacial score (nSPS) is 14.8. The number of aromatic nitrogens is 1. The van der Waals surface area contributed by atoms with Crippen molar-refractivity contribution in [1.82, 2.24) is 4.98 Å². The van der Waals surface area contributed by atoms with Crippen LogP contribution in [-0.4, -0.2) is 17.0 Å². The van der Waals surface area contributed by atoms with Gasteiger partial charge in [0.05, 0.1) is 22.5 Å². The van der Waals surface area contributed by atoms with Crippen LogP contribution in [0.15, 0.2) is 42.5 Å². The molecule has 0 unspecified atom stereocenters. The first-order valence-corrected chi connectivity index (χ1v) is 9.78. The number of hydrogen-bond donors (Lipinski definition) is 0. The molecule has 1 aliphatic rings. The molecule has 0 spiro atoms. The molecule has 1 heterocycles. The van der Waals surface area contributed by atoms with E-state index in [4.69, 9.17) is 27.9 Å². The molecule has 1 fully saturated rings. The van der Waals surface area contributed by atoms with Crippen LogP contribution < -0.4 is 4.74 Å². The zero-order chi connectivity index (χ0) is 19.2. The minimum absolute atomic E-state index is 0.0182. The van der Waals surface area contributed by atoms with E-state index in [1.54, 1.807) is 25.3 Å². The Balaban J connectivity index is 1.87. The van der Waals surface area contributed by atoms with Crippen LogP contribution in [0.5, 0.6) is 5.75 Å². The highest BCUT2D eigenvalue weighted by Crippen LogP contribution is 2.58. The molecule has 5 nitrogen and oxygen atoms in total. The smallest absolute Gasteiger partial charge is 0.352 e. The van der Waals surface area contributed by atoms with Crippen molar-refractivity contribution in [3.8, 4) is 17.0 Å². The predicted octanol–water partition coefficient (Wildman–Crippen LogP) is 6.11. The van der Waals surface area contributed by atoms with E-state index in [0.29, 0.717) is 20.6 Å². The molecule has 0 aliphatic heterocycles. The zero-order valence-corrected chi connectivity index (χ0v) is 16.6. The molecule has 2 aromatic carbocycles. The van der Waals surface area contributed by atoms with Crippen LogP contribution in [0.1, 0.15) is 23.4 Å². The van der Waals surface area contributed by atoms with E-state index in [1.165, 1.54) is 0 Å². The number of hydrogen-bond acceptors (Lipinski definition) is 5. The maximum atomic E-state index is 11.7. The molecular formula is C19H14Cl2N2O3S. The molecule has 8 heteroatoms. The highest BCUT2D eigenvalue weighted by atomic mass is 35.5. The Bertz CT molecular complexity index is 1050. The molecule has 1 saturated carbocycles. The number of thiazole rings is 1. The summed E-state index contributed by atoms with van der Waals surface area (Å²) in [5.74, 6) is 0.763. The van der Waals surface area contributed by atoms with Gasteiger partial charge in [-0.3, -0.25) is 10.1 Å². The van der Waals surface area contributed by atoms with Crippen molar-refractivity contribution in [2.75, 3.05) is 7.11 Å². The van der Waals surface area contributed by atoms with Gasteiger partial charge in [-0.1, -0.05) is 41.4 Å². The Morgan fingerprint density at radius 1 is 1.22 bits per heavy atom. The number of rotatable bonds is 5. The average molecular weight is 421 g/mol. The molecule has 1 aliphatic carbocycles. The number of benzene rings is 2. The second kappa shape index (κ2) is 6.78. The molecular weight excluding hydrogens is 407 g/mol. The molecule has 3 aromatic rings. The van der Waals surface area contributed by atoms with Gasteiger partial charge in [0.2, 0.25) is 0 Å². The van der Waals surface area contributed by atoms with Crippen LogP contribution in [-0.2, 0) is 5.41 Å². The first-order valence-electron chi connectivity index (χ1n) is 8.21. The first-order chi connectivity index (χ1) is 13.0. The first kappa shape index (κ1) is 18.2. The van der Waals surface area contributed by atoms with Crippen molar-refractivity contribution in [3.63, 3.8) is 0 Å². The number of nitrogens with zero attached hydrogens (tertiary/aromatic N) is 2. The summed E-state index contributed by atoms with van der Waals surface area (Å²) in [7, 11) is 1.62. The summed E-state index contributed by atoms with van der Waals surface area (Å²) in [4.78, 5) is 15.9. The van der Waals surface area contributed by atoms with Crippen molar-refractivity contribution < 1.29 is 9.66 Å². The Hall–Kier alpha value is -2.15. The van der Waals surface area contributed by atoms with Crippen molar-refractivity contribution in [2.24, 2.45) is 0 Å². The van der Waals surface area contributed by atoms with Crippen LogP contribution in [0.4, 0.5) is 5.00 Å². The highest BCUT2D eigenvalue weighted by Gasteiger charge is 2.51. The third kappa shape index (κ3) is 3.08. The van der Waals surface area contributed by atoms with E-state index in [0.717, 1.165) is 35.5 Å². The Morgan fingerprint density at radius 3 is 2.59 bits per heavy atom. The van der Waals surface area contributed by atoms with Crippen molar-refractivity contribution in [2.45, 2.75) is 18.3 Å². The van der Waals surface area contributed by atoms with Gasteiger partial charge in [0.1, 0.15) is 10.8 Å². The topological polar surface area (TPSA) is 65.3 Å². The molecule has 0 radical (unpaired) electrons. The number of para-hydroxylation sites is 1. The van der Waals surface area contributed by atoms with Gasteiger partial charge in [0.25, 0.3) is 0 Å². The molecule has 27 heavy (non-hydrogen) atoms. The van der Waals surface area contributed by atoms with Gasteiger partial charge < -0.3 is 4.74 Å². The summed E-state index contributed by atoms with van der Waals surface area (Å²) in [5, 5.41) is 13.2. The predicted molar refractivity (Wildman–Crippen MR) is 107 cm³/mol. The lowest BCUT2D eigenvalue weighted by molar-refractivity contribution is -0.379. The third-order valence-electron chi connectivity index (χ3n) is 4.74. The third-order valence-corrected chi connectivity index (χ3v) is 6.50. The standard InChI is InChI=1S/C19H14Cl2N2O3S/c1-26-15-5-3-2-4-13(15)19(8-9-19)18-22-16(17(27-18)23(24)25)12-7-6-11(20)10-14(12)21/h2-7,10H,8-9H2,1H3. The van der Waals surface area contributed by atoms with E-state index in [-0.39, 0.29) is 16.1 Å². The lowest BCUT2D eigenvalue weighted by Crippen LogP contribution is -2.10. The second-order valence-electron chi connectivity index (χ2n) is 6.34. The number of halogens is 2. The lowest BCUT2D eigenvalue weighted by Gasteiger charge is -2.16. The molecule has 0 bridgehead atoms. The van der Waals surface area contributed by atoms with Gasteiger partial charge in [-0.2, -0.15) is 0 Å². The maximum absolute atomic E-state index is 11.7. The minimum atomic E-state index is -0.403. The highest BCUT2D eigenvalue weighted by molar-refractivity contribution is 7.15. The molecule has 0 saturated heterocycles. The average Bonchev–Trinajstić information content (AvgIpc) is 3.34. The van der Waals surface area contributed by atoms with E-state index in [9.17, 15) is 10.1 Å². The van der Waals surface area contributed by atoms with Gasteiger partial charge in [-0.05, 0) is 48.4 Å². The number of nitro groups is 1. The Labute approximate surface area is 169 Å². The molecule has 0 N–H and O–H groups in total. The van der Waals surface area contributed by atoms with Crippen LogP contribution >= 0.6 is 34.5 Å². The van der Waals surface area contributed by atoms with Gasteiger partial charge in [-0.25, -0.2) is 4.98 Å². The van der Waals surface area contributed by atoms with Crippen molar-refractivity contribution in [1.29, 1.82) is 0 Å². The largest absolute Gasteiger partial charge is 0.496 e. The SMILES string of the molecule is COc1ccccc1C1(c2nc(-c3ccc(Cl)cc3Cl)c([N+](=O)[O-])s2)CC1. The minimum Gasteiger partial charge on any atom is -0.496 e. The summed E-state index contributed by atoms with van der Waals surface area (Å²) in [6.07, 6.45) is 1.73. The summed E-state index contributed by atoms with van der Waals surface area (Å²) in [6.45, 7) is 0. The summed E-state index contributed by atoms with van der Waals surface area (Å²) in [6, 6.07) is 12.6. The molecule has 0 amide bonds. The van der Waals surface area contributed by atoms with Crippen LogP contribution in [0, 0.1) is 10.1 Å². The van der Waals surface area contributed by atoms with Gasteiger partial charge in [0.15, 0.2) is 5.69 Å². The number of ether oxygens (including phenoxy) is 1. The van der Waals surface area contributed by atoms with Crippen molar-refractivity contribution >= 4 is 39.5 Å². The summed E-state index contributed by atoms with van der Waals surface area (Å²) in [5.41, 5.74) is 1.44.